The van der Waals surface area contributed by atoms with E-state index in [0.29, 0.717) is 13.2 Å². The quantitative estimate of drug-likeness (QED) is 0.421. The Hall–Kier alpha value is -3.84. The Kier molecular flexibility index (Phi) is 7.39. The van der Waals surface area contributed by atoms with Gasteiger partial charge in [-0.25, -0.2) is 19.2 Å². The molecule has 8 aliphatic rings. The predicted molar refractivity (Wildman–Crippen MR) is 170 cm³/mol. The summed E-state index contributed by atoms with van der Waals surface area (Å²) in [6.45, 7) is 6.00. The molecular weight excluding hydrogens is 604 g/mol. The first kappa shape index (κ1) is 30.5. The third-order valence-electron chi connectivity index (χ3n) is 12.5. The van der Waals surface area contributed by atoms with Gasteiger partial charge in [0.05, 0.1) is 36.9 Å². The van der Waals surface area contributed by atoms with E-state index in [4.69, 9.17) is 9.47 Å². The fourth-order valence-electron chi connectivity index (χ4n) is 10.1. The molecule has 5 unspecified atom stereocenters. The maximum atomic E-state index is 13.6. The molecule has 47 heavy (non-hydrogen) atoms. The van der Waals surface area contributed by atoms with Gasteiger partial charge in [-0.05, 0) is 70.4 Å². The molecule has 6 amide bonds. The molecule has 4 bridgehead atoms. The van der Waals surface area contributed by atoms with Crippen molar-refractivity contribution in [2.75, 3.05) is 46.4 Å². The number of rotatable bonds is 4. The number of carbonyl (C=O) groups is 4. The van der Waals surface area contributed by atoms with Crippen molar-refractivity contribution in [2.24, 2.45) is 0 Å². The average molecular weight is 653 g/mol. The lowest BCUT2D eigenvalue weighted by Crippen LogP contribution is -2.68. The zero-order valence-corrected chi connectivity index (χ0v) is 27.5. The zero-order valence-electron chi connectivity index (χ0n) is 27.5. The molecule has 8 rings (SSSR count). The zero-order chi connectivity index (χ0) is 32.5. The van der Waals surface area contributed by atoms with E-state index < -0.39 is 11.7 Å². The third kappa shape index (κ3) is 4.87. The highest BCUT2D eigenvalue weighted by molar-refractivity contribution is 5.83. The molecule has 0 aromatic carbocycles. The van der Waals surface area contributed by atoms with Gasteiger partial charge in [-0.1, -0.05) is 0 Å². The third-order valence-corrected chi connectivity index (χ3v) is 12.5. The fourth-order valence-corrected chi connectivity index (χ4v) is 10.1. The Morgan fingerprint density at radius 2 is 1.43 bits per heavy atom. The Bertz CT molecular complexity index is 1380. The molecule has 14 heteroatoms. The van der Waals surface area contributed by atoms with Crippen LogP contribution >= 0.6 is 0 Å². The van der Waals surface area contributed by atoms with Gasteiger partial charge in [-0.15, -0.1) is 0 Å². The lowest BCUT2D eigenvalue weighted by molar-refractivity contribution is 0.0127. The maximum absolute atomic E-state index is 13.6. The lowest BCUT2D eigenvalue weighted by atomic mass is 9.80. The molecule has 6 saturated heterocycles. The van der Waals surface area contributed by atoms with Crippen LogP contribution in [0.25, 0.3) is 0 Å². The first-order chi connectivity index (χ1) is 22.7. The number of likely N-dealkylation sites (tertiary alicyclic amines) is 2. The van der Waals surface area contributed by atoms with Gasteiger partial charge in [0.25, 0.3) is 0 Å². The molecule has 14 nitrogen and oxygen atoms in total. The summed E-state index contributed by atoms with van der Waals surface area (Å²) in [7, 11) is 1.44. The number of amides is 6. The number of nitrogens with one attached hydrogen (secondary N) is 3. The average Bonchev–Trinajstić information content (AvgIpc) is 3.73. The highest BCUT2D eigenvalue weighted by atomic mass is 16.6. The number of piperidine rings is 2. The second kappa shape index (κ2) is 11.4. The van der Waals surface area contributed by atoms with E-state index >= 15 is 0 Å². The molecule has 0 aromatic rings. The van der Waals surface area contributed by atoms with Gasteiger partial charge < -0.3 is 35.2 Å². The second-order valence-corrected chi connectivity index (χ2v) is 14.7. The van der Waals surface area contributed by atoms with Crippen LogP contribution in [0.3, 0.4) is 0 Å². The van der Waals surface area contributed by atoms with Crippen LogP contribution in [0.5, 0.6) is 0 Å². The first-order valence-corrected chi connectivity index (χ1v) is 17.6. The van der Waals surface area contributed by atoms with Gasteiger partial charge in [0.1, 0.15) is 6.17 Å². The standard InChI is InChI=1S/C33H48N8O6/c1-3-47-31(45)40-23-6-7-24(40)19-25(18-23)37-12-8-32(9-13-37)20-34-29(43)41(32)27-33(36-28(42)35-27)10-14-38(15-11-33)26-16-21-4-5-22(17-26)39(21)30(44)46-2/h16,18,21-24,27H,3-15,17,19-20H2,1-2H3,(H,34,43)(H2,35,36,42). The number of methoxy groups -OCH3 is 1. The topological polar surface area (TPSA) is 139 Å². The van der Waals surface area contributed by atoms with Gasteiger partial charge in [-0.3, -0.25) is 14.7 Å². The van der Waals surface area contributed by atoms with Crippen molar-refractivity contribution in [1.82, 2.24) is 40.4 Å². The molecule has 256 valence electrons. The van der Waals surface area contributed by atoms with Gasteiger partial charge in [0.15, 0.2) is 0 Å². The summed E-state index contributed by atoms with van der Waals surface area (Å²) in [5, 5.41) is 9.59. The van der Waals surface area contributed by atoms with E-state index in [1.54, 1.807) is 0 Å². The minimum absolute atomic E-state index is 0.0720. The van der Waals surface area contributed by atoms with Crippen molar-refractivity contribution in [2.45, 2.75) is 113 Å². The van der Waals surface area contributed by atoms with Gasteiger partial charge in [-0.2, -0.15) is 0 Å². The Labute approximate surface area is 275 Å². The Morgan fingerprint density at radius 1 is 0.851 bits per heavy atom. The highest BCUT2D eigenvalue weighted by Crippen LogP contribution is 2.44. The van der Waals surface area contributed by atoms with Crippen molar-refractivity contribution in [3.63, 3.8) is 0 Å². The van der Waals surface area contributed by atoms with Crippen LogP contribution in [-0.4, -0.2) is 137 Å². The summed E-state index contributed by atoms with van der Waals surface area (Å²) in [4.78, 5) is 62.2. The van der Waals surface area contributed by atoms with Crippen molar-refractivity contribution in [1.29, 1.82) is 0 Å². The smallest absolute Gasteiger partial charge is 0.410 e. The number of nitrogens with zero attached hydrogens (tertiary/aromatic N) is 5. The van der Waals surface area contributed by atoms with Gasteiger partial charge in [0, 0.05) is 69.0 Å². The van der Waals surface area contributed by atoms with Crippen LogP contribution in [0.15, 0.2) is 23.5 Å². The minimum atomic E-state index is -0.548. The van der Waals surface area contributed by atoms with Crippen LogP contribution in [0.1, 0.15) is 71.1 Å². The van der Waals surface area contributed by atoms with E-state index in [0.717, 1.165) is 90.4 Å². The van der Waals surface area contributed by atoms with E-state index in [9.17, 15) is 19.2 Å². The van der Waals surface area contributed by atoms with Crippen molar-refractivity contribution in [3.05, 3.63) is 23.5 Å². The van der Waals surface area contributed by atoms with E-state index in [1.807, 2.05) is 21.6 Å². The number of hydrogen-bond donors (Lipinski definition) is 3. The maximum Gasteiger partial charge on any atom is 0.410 e. The normalized spacial score (nSPS) is 33.5. The largest absolute Gasteiger partial charge is 0.453 e. The van der Waals surface area contributed by atoms with E-state index in [2.05, 4.69) is 37.9 Å². The van der Waals surface area contributed by atoms with Crippen molar-refractivity contribution in [3.8, 4) is 0 Å². The highest BCUT2D eigenvalue weighted by Gasteiger charge is 2.59. The van der Waals surface area contributed by atoms with Gasteiger partial charge >= 0.3 is 24.2 Å². The van der Waals surface area contributed by atoms with Crippen LogP contribution in [0.4, 0.5) is 19.2 Å². The summed E-state index contributed by atoms with van der Waals surface area (Å²) >= 11 is 0. The van der Waals surface area contributed by atoms with Crippen LogP contribution in [0, 0.1) is 0 Å². The van der Waals surface area contributed by atoms with Crippen LogP contribution in [-0.2, 0) is 9.47 Å². The minimum Gasteiger partial charge on any atom is -0.453 e. The van der Waals surface area contributed by atoms with Crippen LogP contribution < -0.4 is 16.0 Å². The second-order valence-electron chi connectivity index (χ2n) is 14.7. The monoisotopic (exact) mass is 652 g/mol. The number of urea groups is 2. The number of hydrogen-bond acceptors (Lipinski definition) is 8. The number of ether oxygens (including phenoxy) is 2. The van der Waals surface area contributed by atoms with Crippen molar-refractivity contribution >= 4 is 24.2 Å². The first-order valence-electron chi connectivity index (χ1n) is 17.6. The molecule has 0 radical (unpaired) electrons. The molecule has 0 saturated carbocycles. The molecule has 3 N–H and O–H groups in total. The summed E-state index contributed by atoms with van der Waals surface area (Å²) in [5.74, 6) is 0. The summed E-state index contributed by atoms with van der Waals surface area (Å²) < 4.78 is 10.4. The molecule has 8 heterocycles. The summed E-state index contributed by atoms with van der Waals surface area (Å²) in [5.41, 5.74) is 1.65. The Morgan fingerprint density at radius 3 is 1.98 bits per heavy atom. The molecule has 2 spiro atoms. The predicted octanol–water partition coefficient (Wildman–Crippen LogP) is 2.48. The molecular formula is C33H48N8O6. The molecule has 0 aliphatic carbocycles. The fraction of sp³-hybridized carbons (Fsp3) is 0.758. The molecule has 6 fully saturated rings. The summed E-state index contributed by atoms with van der Waals surface area (Å²) in [6.07, 6.45) is 12.2. The number of fused-ring (bicyclic) bond motifs is 4. The Balaban J connectivity index is 0.947. The van der Waals surface area contributed by atoms with Crippen molar-refractivity contribution < 1.29 is 28.7 Å². The lowest BCUT2D eigenvalue weighted by Gasteiger charge is -2.52. The van der Waals surface area contributed by atoms with E-state index in [1.165, 1.54) is 18.5 Å². The molecule has 5 atom stereocenters. The van der Waals surface area contributed by atoms with Gasteiger partial charge in [0.2, 0.25) is 0 Å². The molecule has 8 aliphatic heterocycles. The molecule has 0 aromatic heterocycles. The summed E-state index contributed by atoms with van der Waals surface area (Å²) in [6, 6.07) is 0.179. The van der Waals surface area contributed by atoms with Crippen LogP contribution in [0.2, 0.25) is 0 Å². The SMILES string of the molecule is CCOC(=O)N1C2C=C(N3CCC4(CC3)CNC(=O)N4C3NC(=O)NC34CCN(C3=CC5CCC(C3)N5C(=O)OC)CC4)CC1CC2. The number of carbonyl (C=O) groups excluding carboxylic acids is 4. The van der Waals surface area contributed by atoms with E-state index in [-0.39, 0.29) is 54.0 Å².